The lowest BCUT2D eigenvalue weighted by molar-refractivity contribution is -0.120. The van der Waals surface area contributed by atoms with Crippen LogP contribution in [0, 0.1) is 0 Å². The summed E-state index contributed by atoms with van der Waals surface area (Å²) < 4.78 is 0. The van der Waals surface area contributed by atoms with E-state index in [2.05, 4.69) is 27.5 Å². The summed E-state index contributed by atoms with van der Waals surface area (Å²) in [7, 11) is 0. The van der Waals surface area contributed by atoms with Crippen molar-refractivity contribution in [3.63, 3.8) is 0 Å². The first-order valence-corrected chi connectivity index (χ1v) is 11.0. The van der Waals surface area contributed by atoms with Gasteiger partial charge < -0.3 is 10.6 Å². The molecule has 2 N–H and O–H groups in total. The average Bonchev–Trinajstić information content (AvgIpc) is 3.22. The zero-order valence-corrected chi connectivity index (χ0v) is 17.0. The van der Waals surface area contributed by atoms with Crippen LogP contribution in [0.3, 0.4) is 0 Å². The maximum Gasteiger partial charge on any atom is 0.226 e. The largest absolute Gasteiger partial charge is 0.355 e. The summed E-state index contributed by atoms with van der Waals surface area (Å²) in [5.41, 5.74) is 3.04. The molecule has 0 bridgehead atoms. The van der Waals surface area contributed by atoms with E-state index in [9.17, 15) is 9.59 Å². The Labute approximate surface area is 173 Å². The Morgan fingerprint density at radius 1 is 0.893 bits per heavy atom. The van der Waals surface area contributed by atoms with Gasteiger partial charge in [-0.25, -0.2) is 0 Å². The minimum atomic E-state index is -0.108. The van der Waals surface area contributed by atoms with Crippen LogP contribution in [-0.4, -0.2) is 18.4 Å². The highest BCUT2D eigenvalue weighted by Gasteiger charge is 2.09. The quantitative estimate of drug-likeness (QED) is 0.502. The summed E-state index contributed by atoms with van der Waals surface area (Å²) >= 11 is 3.38. The van der Waals surface area contributed by atoms with Gasteiger partial charge in [-0.3, -0.25) is 9.59 Å². The van der Waals surface area contributed by atoms with Gasteiger partial charge in [0, 0.05) is 23.6 Å². The number of hydrogen-bond donors (Lipinski definition) is 2. The molecule has 0 saturated heterocycles. The Hall–Kier alpha value is -2.57. The molecule has 0 spiro atoms. The molecule has 2 aromatic carbocycles. The van der Waals surface area contributed by atoms with Crippen LogP contribution in [0.1, 0.15) is 17.5 Å². The van der Waals surface area contributed by atoms with E-state index in [0.29, 0.717) is 13.0 Å². The molecule has 4 nitrogen and oxygen atoms in total. The number of anilines is 1. The second-order valence-electron chi connectivity index (χ2n) is 6.23. The Bertz CT molecular complexity index is 896. The molecule has 0 aliphatic heterocycles. The lowest BCUT2D eigenvalue weighted by atomic mass is 10.1. The van der Waals surface area contributed by atoms with Gasteiger partial charge >= 0.3 is 0 Å². The maximum atomic E-state index is 12.3. The molecule has 1 aromatic heterocycles. The second-order valence-corrected chi connectivity index (χ2v) is 8.02. The topological polar surface area (TPSA) is 58.2 Å². The molecule has 3 rings (SSSR count). The molecule has 0 atom stereocenters. The molecule has 0 unspecified atom stereocenters. The van der Waals surface area contributed by atoms with Gasteiger partial charge in [0.15, 0.2) is 0 Å². The highest BCUT2D eigenvalue weighted by atomic mass is 32.2. The van der Waals surface area contributed by atoms with Crippen molar-refractivity contribution < 1.29 is 9.59 Å². The smallest absolute Gasteiger partial charge is 0.226 e. The van der Waals surface area contributed by atoms with Crippen molar-refractivity contribution in [1.29, 1.82) is 0 Å². The van der Waals surface area contributed by atoms with Gasteiger partial charge in [-0.05, 0) is 40.1 Å². The summed E-state index contributed by atoms with van der Waals surface area (Å²) in [6.45, 7) is 0.321. The number of para-hydroxylation sites is 1. The number of hydrogen-bond acceptors (Lipinski definition) is 4. The lowest BCUT2D eigenvalue weighted by Crippen LogP contribution is -2.28. The molecule has 2 amide bonds. The van der Waals surface area contributed by atoms with Crippen molar-refractivity contribution >= 4 is 40.6 Å². The van der Waals surface area contributed by atoms with Crippen molar-refractivity contribution in [2.75, 3.05) is 11.9 Å². The molecule has 0 radical (unpaired) electrons. The molecule has 0 aliphatic carbocycles. The summed E-state index contributed by atoms with van der Waals surface area (Å²) in [5.74, 6) is 0.681. The summed E-state index contributed by atoms with van der Waals surface area (Å²) in [6, 6.07) is 19.5. The van der Waals surface area contributed by atoms with Crippen LogP contribution in [-0.2, 0) is 21.8 Å². The van der Waals surface area contributed by atoms with Crippen LogP contribution in [0.25, 0.3) is 0 Å². The number of carbonyl (C=O) groups excluding carboxylic acids is 2. The molecule has 144 valence electrons. The third kappa shape index (κ3) is 6.55. The first-order chi connectivity index (χ1) is 13.7. The number of thiophene rings is 1. The predicted octanol–water partition coefficient (Wildman–Crippen LogP) is 4.73. The van der Waals surface area contributed by atoms with Crippen molar-refractivity contribution in [2.24, 2.45) is 0 Å². The Kier molecular flexibility index (Phi) is 7.70. The third-order valence-electron chi connectivity index (χ3n) is 4.02. The monoisotopic (exact) mass is 410 g/mol. The fraction of sp³-hybridized carbons (Fsp3) is 0.182. The summed E-state index contributed by atoms with van der Waals surface area (Å²) in [4.78, 5) is 25.3. The summed E-state index contributed by atoms with van der Waals surface area (Å²) in [5, 5.41) is 9.95. The molecule has 3 aromatic rings. The van der Waals surface area contributed by atoms with Crippen molar-refractivity contribution in [2.45, 2.75) is 23.5 Å². The van der Waals surface area contributed by atoms with Gasteiger partial charge in [0.1, 0.15) is 0 Å². The first-order valence-electron chi connectivity index (χ1n) is 9.04. The van der Waals surface area contributed by atoms with Crippen LogP contribution < -0.4 is 10.6 Å². The van der Waals surface area contributed by atoms with Gasteiger partial charge in [0.05, 0.1) is 12.1 Å². The van der Waals surface area contributed by atoms with E-state index in [4.69, 9.17) is 0 Å². The van der Waals surface area contributed by atoms with Crippen LogP contribution in [0.2, 0.25) is 0 Å². The Balaban J connectivity index is 1.43. The molecule has 0 fully saturated rings. The van der Waals surface area contributed by atoms with Crippen molar-refractivity contribution in [1.82, 2.24) is 5.32 Å². The number of nitrogens with one attached hydrogen (secondary N) is 2. The maximum absolute atomic E-state index is 12.3. The van der Waals surface area contributed by atoms with Gasteiger partial charge in [-0.1, -0.05) is 42.5 Å². The van der Waals surface area contributed by atoms with Gasteiger partial charge in [0.2, 0.25) is 11.8 Å². The third-order valence-corrected chi connectivity index (χ3v) is 5.89. The van der Waals surface area contributed by atoms with E-state index in [0.717, 1.165) is 21.9 Å². The van der Waals surface area contributed by atoms with Gasteiger partial charge in [0.25, 0.3) is 0 Å². The first kappa shape index (κ1) is 20.2. The Morgan fingerprint density at radius 3 is 2.46 bits per heavy atom. The standard InChI is InChI=1S/C22H22N2O2S2/c25-21(10-12-23-22(26)14-17-6-2-1-3-7-17)24-19-8-4-5-9-20(19)28-16-18-11-13-27-15-18/h1-9,11,13,15H,10,12,14,16H2,(H,23,26)(H,24,25). The van der Waals surface area contributed by atoms with E-state index in [1.54, 1.807) is 23.1 Å². The van der Waals surface area contributed by atoms with E-state index >= 15 is 0 Å². The number of carbonyl (C=O) groups is 2. The molecular weight excluding hydrogens is 388 g/mol. The number of rotatable bonds is 9. The second kappa shape index (κ2) is 10.7. The molecule has 0 aliphatic rings. The minimum Gasteiger partial charge on any atom is -0.355 e. The zero-order chi connectivity index (χ0) is 19.6. The van der Waals surface area contributed by atoms with E-state index in [1.165, 1.54) is 5.56 Å². The number of benzene rings is 2. The normalized spacial score (nSPS) is 10.4. The van der Waals surface area contributed by atoms with Gasteiger partial charge in [-0.15, -0.1) is 11.8 Å². The predicted molar refractivity (Wildman–Crippen MR) is 117 cm³/mol. The van der Waals surface area contributed by atoms with Crippen LogP contribution in [0.4, 0.5) is 5.69 Å². The zero-order valence-electron chi connectivity index (χ0n) is 15.4. The van der Waals surface area contributed by atoms with Crippen LogP contribution >= 0.6 is 23.1 Å². The van der Waals surface area contributed by atoms with E-state index < -0.39 is 0 Å². The summed E-state index contributed by atoms with van der Waals surface area (Å²) in [6.07, 6.45) is 0.564. The fourth-order valence-corrected chi connectivity index (χ4v) is 4.33. The van der Waals surface area contributed by atoms with E-state index in [-0.39, 0.29) is 18.2 Å². The Morgan fingerprint density at radius 2 is 1.68 bits per heavy atom. The minimum absolute atomic E-state index is 0.0780. The van der Waals surface area contributed by atoms with E-state index in [1.807, 2.05) is 54.6 Å². The molecular formula is C22H22N2O2S2. The molecule has 0 saturated carbocycles. The SMILES string of the molecule is O=C(Cc1ccccc1)NCCC(=O)Nc1ccccc1SCc1ccsc1. The number of amides is 2. The van der Waals surface area contributed by atoms with Crippen LogP contribution in [0.15, 0.2) is 76.3 Å². The van der Waals surface area contributed by atoms with Gasteiger partial charge in [-0.2, -0.15) is 11.3 Å². The number of thioether (sulfide) groups is 1. The fourth-order valence-electron chi connectivity index (χ4n) is 2.60. The molecule has 1 heterocycles. The highest BCUT2D eigenvalue weighted by molar-refractivity contribution is 7.98. The average molecular weight is 411 g/mol. The molecule has 28 heavy (non-hydrogen) atoms. The van der Waals surface area contributed by atoms with Crippen molar-refractivity contribution in [3.8, 4) is 0 Å². The highest BCUT2D eigenvalue weighted by Crippen LogP contribution is 2.30. The lowest BCUT2D eigenvalue weighted by Gasteiger charge is -2.11. The van der Waals surface area contributed by atoms with Crippen LogP contribution in [0.5, 0.6) is 0 Å². The van der Waals surface area contributed by atoms with Crippen molar-refractivity contribution in [3.05, 3.63) is 82.6 Å². The molecule has 6 heteroatoms.